The van der Waals surface area contributed by atoms with Gasteiger partial charge in [-0.25, -0.2) is 4.98 Å². The first-order valence-corrected chi connectivity index (χ1v) is 10.0. The van der Waals surface area contributed by atoms with Crippen molar-refractivity contribution in [2.75, 3.05) is 0 Å². The Kier molecular flexibility index (Phi) is 5.05. The van der Waals surface area contributed by atoms with E-state index < -0.39 is 0 Å². The summed E-state index contributed by atoms with van der Waals surface area (Å²) in [6, 6.07) is 13.9. The average Bonchev–Trinajstić information content (AvgIpc) is 3.20. The molecule has 5 heteroatoms. The lowest BCUT2D eigenvalue weighted by atomic mass is 9.89. The van der Waals surface area contributed by atoms with E-state index >= 15 is 0 Å². The van der Waals surface area contributed by atoms with Crippen LogP contribution in [0, 0.1) is 0 Å². The van der Waals surface area contributed by atoms with E-state index in [9.17, 15) is 4.79 Å². The number of carbonyl (C=O) groups excluding carboxylic acids is 1. The first kappa shape index (κ1) is 17.3. The number of amides is 1. The number of carbonyl (C=O) groups is 1. The van der Waals surface area contributed by atoms with Gasteiger partial charge in [0.05, 0.1) is 11.6 Å². The Morgan fingerprint density at radius 3 is 2.73 bits per heavy atom. The van der Waals surface area contributed by atoms with Gasteiger partial charge in [0.1, 0.15) is 5.15 Å². The molecule has 1 aliphatic carbocycles. The van der Waals surface area contributed by atoms with Crippen LogP contribution in [0.5, 0.6) is 0 Å². The number of pyridine rings is 1. The molecule has 1 atom stereocenters. The van der Waals surface area contributed by atoms with Crippen molar-refractivity contribution in [1.82, 2.24) is 10.3 Å². The Bertz CT molecular complexity index is 924. The van der Waals surface area contributed by atoms with E-state index in [-0.39, 0.29) is 17.1 Å². The monoisotopic (exact) mass is 382 g/mol. The van der Waals surface area contributed by atoms with Crippen LogP contribution in [-0.4, -0.2) is 10.9 Å². The summed E-state index contributed by atoms with van der Waals surface area (Å²) in [6.07, 6.45) is 6.34. The van der Waals surface area contributed by atoms with Crippen molar-refractivity contribution in [2.24, 2.45) is 0 Å². The molecule has 2 heterocycles. The summed E-state index contributed by atoms with van der Waals surface area (Å²) in [7, 11) is 0. The summed E-state index contributed by atoms with van der Waals surface area (Å²) in [4.78, 5) is 17.9. The summed E-state index contributed by atoms with van der Waals surface area (Å²) >= 11 is 7.74. The molecule has 1 amide bonds. The second-order valence-corrected chi connectivity index (χ2v) is 7.84. The van der Waals surface area contributed by atoms with Gasteiger partial charge in [0.2, 0.25) is 0 Å². The molecule has 132 valence electrons. The van der Waals surface area contributed by atoms with Crippen LogP contribution < -0.4 is 5.32 Å². The molecule has 0 fully saturated rings. The highest BCUT2D eigenvalue weighted by Gasteiger charge is 2.22. The molecule has 0 spiro atoms. The van der Waals surface area contributed by atoms with Crippen LogP contribution in [-0.2, 0) is 12.8 Å². The minimum absolute atomic E-state index is 0.189. The largest absolute Gasteiger partial charge is 0.340 e. The van der Waals surface area contributed by atoms with E-state index in [0.717, 1.165) is 23.3 Å². The zero-order chi connectivity index (χ0) is 17.9. The SMILES string of the molecule is O=C(NC(c1ccc2c(c1)CCCC2)c1cccs1)c1cccnc1Cl. The van der Waals surface area contributed by atoms with Crippen molar-refractivity contribution in [2.45, 2.75) is 31.7 Å². The fourth-order valence-electron chi connectivity index (χ4n) is 3.47. The molecular weight excluding hydrogens is 364 g/mol. The first-order chi connectivity index (χ1) is 12.7. The highest BCUT2D eigenvalue weighted by Crippen LogP contribution is 2.30. The number of hydrogen-bond donors (Lipinski definition) is 1. The van der Waals surface area contributed by atoms with Crippen molar-refractivity contribution in [3.8, 4) is 0 Å². The van der Waals surface area contributed by atoms with Gasteiger partial charge >= 0.3 is 0 Å². The van der Waals surface area contributed by atoms with Gasteiger partial charge in [0.15, 0.2) is 0 Å². The molecular formula is C21H19ClN2OS. The van der Waals surface area contributed by atoms with Gasteiger partial charge in [-0.3, -0.25) is 4.79 Å². The standard InChI is InChI=1S/C21H19ClN2OS/c22-20-17(7-3-11-23-20)21(25)24-19(18-8-4-12-26-18)16-10-9-14-5-1-2-6-15(14)13-16/h3-4,7-13,19H,1-2,5-6H2,(H,24,25). The van der Waals surface area contributed by atoms with Crippen molar-refractivity contribution in [3.63, 3.8) is 0 Å². The van der Waals surface area contributed by atoms with E-state index in [1.807, 2.05) is 11.4 Å². The van der Waals surface area contributed by atoms with E-state index in [0.29, 0.717) is 5.56 Å². The van der Waals surface area contributed by atoms with Crippen LogP contribution in [0.25, 0.3) is 0 Å². The molecule has 0 aliphatic heterocycles. The molecule has 0 saturated heterocycles. The van der Waals surface area contributed by atoms with E-state index in [1.54, 1.807) is 29.7 Å². The maximum Gasteiger partial charge on any atom is 0.255 e. The van der Waals surface area contributed by atoms with E-state index in [1.165, 1.54) is 24.0 Å². The molecule has 4 rings (SSSR count). The Morgan fingerprint density at radius 1 is 1.12 bits per heavy atom. The van der Waals surface area contributed by atoms with Crippen LogP contribution in [0.4, 0.5) is 0 Å². The number of fused-ring (bicyclic) bond motifs is 1. The number of halogens is 1. The minimum atomic E-state index is -0.209. The van der Waals surface area contributed by atoms with Gasteiger partial charge in [0.25, 0.3) is 5.91 Å². The van der Waals surface area contributed by atoms with Gasteiger partial charge in [0, 0.05) is 11.1 Å². The normalized spacial score (nSPS) is 14.5. The fraction of sp³-hybridized carbons (Fsp3) is 0.238. The maximum atomic E-state index is 12.8. The Hall–Kier alpha value is -2.17. The predicted molar refractivity (Wildman–Crippen MR) is 106 cm³/mol. The van der Waals surface area contributed by atoms with Crippen LogP contribution in [0.15, 0.2) is 54.0 Å². The van der Waals surface area contributed by atoms with Gasteiger partial charge in [-0.05, 0) is 66.0 Å². The molecule has 0 radical (unpaired) electrons. The van der Waals surface area contributed by atoms with Gasteiger partial charge < -0.3 is 5.32 Å². The summed E-state index contributed by atoms with van der Waals surface area (Å²) in [5.41, 5.74) is 4.35. The van der Waals surface area contributed by atoms with Crippen molar-refractivity contribution in [3.05, 3.63) is 86.3 Å². The number of aromatic nitrogens is 1. The molecule has 26 heavy (non-hydrogen) atoms. The third-order valence-corrected chi connectivity index (χ3v) is 6.05. The highest BCUT2D eigenvalue weighted by molar-refractivity contribution is 7.10. The molecule has 1 aliphatic rings. The molecule has 2 aromatic heterocycles. The Balaban J connectivity index is 1.68. The lowest BCUT2D eigenvalue weighted by Crippen LogP contribution is -2.29. The summed E-state index contributed by atoms with van der Waals surface area (Å²) in [6.45, 7) is 0. The third kappa shape index (κ3) is 3.53. The number of thiophene rings is 1. The van der Waals surface area contributed by atoms with Crippen LogP contribution in [0.3, 0.4) is 0 Å². The molecule has 1 unspecified atom stereocenters. The Labute approximate surface area is 162 Å². The van der Waals surface area contributed by atoms with Gasteiger partial charge in [-0.1, -0.05) is 35.9 Å². The molecule has 3 aromatic rings. The van der Waals surface area contributed by atoms with Gasteiger partial charge in [-0.15, -0.1) is 11.3 Å². The van der Waals surface area contributed by atoms with Crippen molar-refractivity contribution in [1.29, 1.82) is 0 Å². The van der Waals surface area contributed by atoms with Crippen LogP contribution in [0.2, 0.25) is 5.15 Å². The number of nitrogens with one attached hydrogen (secondary N) is 1. The number of nitrogens with zero attached hydrogens (tertiary/aromatic N) is 1. The van der Waals surface area contributed by atoms with Crippen LogP contribution >= 0.6 is 22.9 Å². The van der Waals surface area contributed by atoms with Crippen LogP contribution in [0.1, 0.15) is 50.8 Å². The summed E-state index contributed by atoms with van der Waals surface area (Å²) in [5, 5.41) is 5.40. The number of rotatable bonds is 4. The summed E-state index contributed by atoms with van der Waals surface area (Å²) < 4.78 is 0. The number of aryl methyl sites for hydroxylation is 2. The molecule has 0 bridgehead atoms. The minimum Gasteiger partial charge on any atom is -0.340 e. The highest BCUT2D eigenvalue weighted by atomic mass is 35.5. The zero-order valence-corrected chi connectivity index (χ0v) is 15.8. The maximum absolute atomic E-state index is 12.8. The average molecular weight is 383 g/mol. The van der Waals surface area contributed by atoms with E-state index in [4.69, 9.17) is 11.6 Å². The lowest BCUT2D eigenvalue weighted by Gasteiger charge is -2.22. The van der Waals surface area contributed by atoms with Crippen molar-refractivity contribution < 1.29 is 4.79 Å². The lowest BCUT2D eigenvalue weighted by molar-refractivity contribution is 0.0943. The topological polar surface area (TPSA) is 42.0 Å². The second kappa shape index (κ2) is 7.60. The molecule has 3 nitrogen and oxygen atoms in total. The quantitative estimate of drug-likeness (QED) is 0.630. The Morgan fingerprint density at radius 2 is 1.96 bits per heavy atom. The van der Waals surface area contributed by atoms with E-state index in [2.05, 4.69) is 34.6 Å². The number of hydrogen-bond acceptors (Lipinski definition) is 3. The second-order valence-electron chi connectivity index (χ2n) is 6.50. The number of benzene rings is 1. The molecule has 1 N–H and O–H groups in total. The zero-order valence-electron chi connectivity index (χ0n) is 14.2. The smallest absolute Gasteiger partial charge is 0.255 e. The fourth-order valence-corrected chi connectivity index (χ4v) is 4.48. The van der Waals surface area contributed by atoms with Gasteiger partial charge in [-0.2, -0.15) is 0 Å². The molecule has 0 saturated carbocycles. The third-order valence-electron chi connectivity index (χ3n) is 4.81. The molecule has 1 aromatic carbocycles. The van der Waals surface area contributed by atoms with Crippen molar-refractivity contribution >= 4 is 28.8 Å². The summed E-state index contributed by atoms with van der Waals surface area (Å²) in [5.74, 6) is -0.209. The predicted octanol–water partition coefficient (Wildman–Crippen LogP) is 5.19. The first-order valence-electron chi connectivity index (χ1n) is 8.79.